The summed E-state index contributed by atoms with van der Waals surface area (Å²) in [5.41, 5.74) is 2.15. The Bertz CT molecular complexity index is 781. The number of likely N-dealkylation sites (tertiary alicyclic amines) is 1. The van der Waals surface area contributed by atoms with Gasteiger partial charge in [-0.2, -0.15) is 0 Å². The molecule has 0 aliphatic carbocycles. The van der Waals surface area contributed by atoms with Gasteiger partial charge in [0, 0.05) is 17.6 Å². The summed E-state index contributed by atoms with van der Waals surface area (Å²) in [7, 11) is 1.67. The highest BCUT2D eigenvalue weighted by Gasteiger charge is 2.22. The summed E-state index contributed by atoms with van der Waals surface area (Å²) < 4.78 is 5.27. The fourth-order valence-electron chi connectivity index (χ4n) is 3.52. The largest absolute Gasteiger partial charge is 0.497 e. The minimum absolute atomic E-state index is 0.0922. The normalized spacial score (nSPS) is 16.1. The number of ether oxygens (including phenoxy) is 1. The Kier molecular flexibility index (Phi) is 7.52. The van der Waals surface area contributed by atoms with Crippen LogP contribution in [0.4, 0.5) is 0 Å². The van der Waals surface area contributed by atoms with E-state index in [0.717, 1.165) is 24.4 Å². The van der Waals surface area contributed by atoms with Crippen LogP contribution in [0.2, 0.25) is 5.02 Å². The van der Waals surface area contributed by atoms with Crippen LogP contribution in [0.15, 0.2) is 54.6 Å². The quantitative estimate of drug-likeness (QED) is 0.687. The molecule has 1 atom stereocenters. The van der Waals surface area contributed by atoms with E-state index in [9.17, 15) is 4.79 Å². The number of carbonyl (C=O) groups excluding carboxylic acids is 1. The Labute approximate surface area is 172 Å². The second-order valence-corrected chi connectivity index (χ2v) is 7.45. The molecule has 1 heterocycles. The average molecular weight is 399 g/mol. The number of carbonyl (C=O) groups is 1. The Morgan fingerprint density at radius 1 is 1.11 bits per heavy atom. The third kappa shape index (κ3) is 5.85. The molecule has 1 aliphatic rings. The van der Waals surface area contributed by atoms with Gasteiger partial charge in [-0.25, -0.2) is 0 Å². The monoisotopic (exact) mass is 398 g/mol. The second-order valence-electron chi connectivity index (χ2n) is 7.02. The Balaban J connectivity index is 1.64. The lowest BCUT2D eigenvalue weighted by Gasteiger charge is -2.35. The molecular weight excluding hydrogens is 372 g/mol. The van der Waals surface area contributed by atoms with Gasteiger partial charge >= 0.3 is 0 Å². The van der Waals surface area contributed by atoms with E-state index in [1.165, 1.54) is 24.8 Å². The first-order valence-corrected chi connectivity index (χ1v) is 10.1. The number of halogens is 1. The maximum Gasteiger partial charge on any atom is 0.244 e. The number of rotatable bonds is 7. The van der Waals surface area contributed by atoms with Crippen LogP contribution < -0.4 is 10.1 Å². The molecule has 28 heavy (non-hydrogen) atoms. The van der Waals surface area contributed by atoms with Crippen molar-refractivity contribution in [3.05, 3.63) is 70.8 Å². The molecule has 0 aromatic heterocycles. The van der Waals surface area contributed by atoms with Gasteiger partial charge in [-0.1, -0.05) is 42.3 Å². The molecule has 0 bridgehead atoms. The van der Waals surface area contributed by atoms with E-state index in [2.05, 4.69) is 22.3 Å². The number of nitrogens with zero attached hydrogens (tertiary/aromatic N) is 1. The van der Waals surface area contributed by atoms with Gasteiger partial charge in [0.05, 0.1) is 13.2 Å². The van der Waals surface area contributed by atoms with Crippen molar-refractivity contribution < 1.29 is 9.53 Å². The molecule has 148 valence electrons. The summed E-state index contributed by atoms with van der Waals surface area (Å²) in [6.45, 7) is 2.70. The molecule has 1 saturated heterocycles. The van der Waals surface area contributed by atoms with Gasteiger partial charge < -0.3 is 10.1 Å². The SMILES string of the molecule is COc1ccc(C(CNC(=O)/C=C/c2ccc(Cl)cc2)N2CCCCC2)cc1. The van der Waals surface area contributed by atoms with Gasteiger partial charge in [0.15, 0.2) is 0 Å². The van der Waals surface area contributed by atoms with Gasteiger partial charge in [0.2, 0.25) is 5.91 Å². The summed E-state index contributed by atoms with van der Waals surface area (Å²) in [6.07, 6.45) is 7.07. The molecule has 1 unspecified atom stereocenters. The van der Waals surface area contributed by atoms with Crippen LogP contribution in [0.25, 0.3) is 6.08 Å². The van der Waals surface area contributed by atoms with Gasteiger partial charge in [0.25, 0.3) is 0 Å². The maximum atomic E-state index is 12.3. The molecule has 5 heteroatoms. The highest BCUT2D eigenvalue weighted by Crippen LogP contribution is 2.25. The topological polar surface area (TPSA) is 41.6 Å². The first-order valence-electron chi connectivity index (χ1n) is 9.75. The van der Waals surface area contributed by atoms with Crippen molar-refractivity contribution in [3.8, 4) is 5.75 Å². The molecule has 0 saturated carbocycles. The zero-order chi connectivity index (χ0) is 19.8. The van der Waals surface area contributed by atoms with Crippen LogP contribution in [0.3, 0.4) is 0 Å². The van der Waals surface area contributed by atoms with Crippen LogP contribution in [-0.2, 0) is 4.79 Å². The minimum Gasteiger partial charge on any atom is -0.497 e. The standard InChI is InChI=1S/C23H27ClN2O2/c1-28-21-12-8-19(9-13-21)22(26-15-3-2-4-16-26)17-25-23(27)14-7-18-5-10-20(24)11-6-18/h5-14,22H,2-4,15-17H2,1H3,(H,25,27)/b14-7+. The number of methoxy groups -OCH3 is 1. The number of hydrogen-bond donors (Lipinski definition) is 1. The van der Waals surface area contributed by atoms with E-state index < -0.39 is 0 Å². The highest BCUT2D eigenvalue weighted by atomic mass is 35.5. The summed E-state index contributed by atoms with van der Waals surface area (Å²) >= 11 is 5.89. The molecule has 2 aromatic rings. The molecule has 3 rings (SSSR count). The van der Waals surface area contributed by atoms with Crippen molar-refractivity contribution in [2.75, 3.05) is 26.7 Å². The molecule has 0 spiro atoms. The Morgan fingerprint density at radius 2 is 1.79 bits per heavy atom. The van der Waals surface area contributed by atoms with Gasteiger partial charge in [-0.05, 0) is 67.4 Å². The lowest BCUT2D eigenvalue weighted by atomic mass is 10.0. The van der Waals surface area contributed by atoms with Crippen molar-refractivity contribution in [2.45, 2.75) is 25.3 Å². The minimum atomic E-state index is -0.0922. The smallest absolute Gasteiger partial charge is 0.244 e. The molecule has 1 aliphatic heterocycles. The van der Waals surface area contributed by atoms with Crippen molar-refractivity contribution in [2.24, 2.45) is 0 Å². The number of piperidine rings is 1. The van der Waals surface area contributed by atoms with Crippen molar-refractivity contribution in [1.29, 1.82) is 0 Å². The fourth-order valence-corrected chi connectivity index (χ4v) is 3.64. The Hall–Kier alpha value is -2.30. The zero-order valence-corrected chi connectivity index (χ0v) is 17.0. The van der Waals surface area contributed by atoms with Crippen molar-refractivity contribution in [1.82, 2.24) is 10.2 Å². The third-order valence-corrected chi connectivity index (χ3v) is 5.35. The molecule has 2 aromatic carbocycles. The van der Waals surface area contributed by atoms with Gasteiger partial charge in [-0.15, -0.1) is 0 Å². The van der Waals surface area contributed by atoms with Crippen molar-refractivity contribution in [3.63, 3.8) is 0 Å². The van der Waals surface area contributed by atoms with Crippen molar-refractivity contribution >= 4 is 23.6 Å². The fraction of sp³-hybridized carbons (Fsp3) is 0.348. The Morgan fingerprint density at radius 3 is 2.43 bits per heavy atom. The van der Waals surface area contributed by atoms with Crippen LogP contribution in [0.1, 0.15) is 36.4 Å². The van der Waals surface area contributed by atoms with Crippen LogP contribution in [0.5, 0.6) is 5.75 Å². The number of hydrogen-bond acceptors (Lipinski definition) is 3. The van der Waals surface area contributed by atoms with Crippen LogP contribution in [0, 0.1) is 0 Å². The summed E-state index contributed by atoms with van der Waals surface area (Å²) in [5.74, 6) is 0.751. The third-order valence-electron chi connectivity index (χ3n) is 5.10. The molecule has 1 N–H and O–H groups in total. The van der Waals surface area contributed by atoms with E-state index in [-0.39, 0.29) is 11.9 Å². The summed E-state index contributed by atoms with van der Waals surface area (Å²) in [6, 6.07) is 15.7. The first kappa shape index (κ1) is 20.4. The van der Waals surface area contributed by atoms with Gasteiger partial charge in [0.1, 0.15) is 5.75 Å². The van der Waals surface area contributed by atoms with Gasteiger partial charge in [-0.3, -0.25) is 9.69 Å². The summed E-state index contributed by atoms with van der Waals surface area (Å²) in [4.78, 5) is 14.8. The van der Waals surface area contributed by atoms with E-state index in [0.29, 0.717) is 11.6 Å². The molecule has 4 nitrogen and oxygen atoms in total. The zero-order valence-electron chi connectivity index (χ0n) is 16.2. The molecular formula is C23H27ClN2O2. The predicted octanol–water partition coefficient (Wildman–Crippen LogP) is 4.71. The number of benzene rings is 2. The predicted molar refractivity (Wildman–Crippen MR) is 115 cm³/mol. The van der Waals surface area contributed by atoms with Crippen LogP contribution >= 0.6 is 11.6 Å². The number of nitrogens with one attached hydrogen (secondary N) is 1. The summed E-state index contributed by atoms with van der Waals surface area (Å²) in [5, 5.41) is 3.75. The van der Waals surface area contributed by atoms with E-state index in [1.54, 1.807) is 19.3 Å². The van der Waals surface area contributed by atoms with E-state index in [1.807, 2.05) is 36.4 Å². The second kappa shape index (κ2) is 10.3. The first-order chi connectivity index (χ1) is 13.7. The maximum absolute atomic E-state index is 12.3. The highest BCUT2D eigenvalue weighted by molar-refractivity contribution is 6.30. The molecule has 0 radical (unpaired) electrons. The van der Waals surface area contributed by atoms with Crippen LogP contribution in [-0.4, -0.2) is 37.6 Å². The molecule has 1 amide bonds. The average Bonchev–Trinajstić information content (AvgIpc) is 2.74. The number of amides is 1. The van der Waals surface area contributed by atoms with E-state index >= 15 is 0 Å². The lowest BCUT2D eigenvalue weighted by molar-refractivity contribution is -0.116. The molecule has 1 fully saturated rings. The van der Waals surface area contributed by atoms with E-state index in [4.69, 9.17) is 16.3 Å². The lowest BCUT2D eigenvalue weighted by Crippen LogP contribution is -2.40.